The van der Waals surface area contributed by atoms with E-state index in [1.54, 1.807) is 0 Å². The Labute approximate surface area is 214 Å². The summed E-state index contributed by atoms with van der Waals surface area (Å²) in [7, 11) is 0. The molecule has 0 radical (unpaired) electrons. The number of ether oxygens (including phenoxy) is 1. The summed E-state index contributed by atoms with van der Waals surface area (Å²) in [5, 5.41) is 5.39. The minimum Gasteiger partial charge on any atom is -0.466 e. The molecule has 0 spiro atoms. The summed E-state index contributed by atoms with van der Waals surface area (Å²) >= 11 is 0. The molecule has 2 amide bonds. The van der Waals surface area contributed by atoms with E-state index >= 15 is 0 Å². The van der Waals surface area contributed by atoms with Crippen molar-refractivity contribution in [1.82, 2.24) is 10.6 Å². The van der Waals surface area contributed by atoms with Crippen LogP contribution in [-0.4, -0.2) is 36.5 Å². The Morgan fingerprint density at radius 1 is 0.806 bits per heavy atom. The summed E-state index contributed by atoms with van der Waals surface area (Å²) in [4.78, 5) is 36.9. The number of pyridine rings is 1. The van der Waals surface area contributed by atoms with Gasteiger partial charge < -0.3 is 15.4 Å². The number of carbonyl (C=O) groups is 3. The molecule has 1 aromatic carbocycles. The van der Waals surface area contributed by atoms with Gasteiger partial charge in [0.25, 0.3) is 0 Å². The highest BCUT2D eigenvalue weighted by Crippen LogP contribution is 2.11. The van der Waals surface area contributed by atoms with Gasteiger partial charge in [-0.15, -0.1) is 0 Å². The highest BCUT2D eigenvalue weighted by molar-refractivity contribution is 5.98. The zero-order valence-corrected chi connectivity index (χ0v) is 21.4. The number of nitrogens with one attached hydrogen (secondary N) is 2. The molecule has 3 rings (SSSR count). The van der Waals surface area contributed by atoms with E-state index in [0.29, 0.717) is 13.0 Å². The van der Waals surface area contributed by atoms with E-state index in [-0.39, 0.29) is 18.2 Å². The smallest absolute Gasteiger partial charge is 0.308 e. The van der Waals surface area contributed by atoms with Crippen LogP contribution in [-0.2, 0) is 32.1 Å². The van der Waals surface area contributed by atoms with Gasteiger partial charge in [-0.05, 0) is 30.9 Å². The lowest BCUT2D eigenvalue weighted by Gasteiger charge is -2.29. The fourth-order valence-electron chi connectivity index (χ4n) is 4.36. The summed E-state index contributed by atoms with van der Waals surface area (Å²) in [6.07, 6.45) is 13.7. The Morgan fingerprint density at radius 2 is 1.39 bits per heavy atom. The second kappa shape index (κ2) is 15.0. The lowest BCUT2D eigenvalue weighted by molar-refractivity contribution is -0.697. The van der Waals surface area contributed by atoms with E-state index in [9.17, 15) is 14.4 Å². The van der Waals surface area contributed by atoms with Crippen molar-refractivity contribution in [3.8, 4) is 0 Å². The molecule has 0 unspecified atom stereocenters. The van der Waals surface area contributed by atoms with Crippen molar-refractivity contribution >= 4 is 17.8 Å². The van der Waals surface area contributed by atoms with Crippen LogP contribution in [0.2, 0.25) is 0 Å². The Bertz CT molecular complexity index is 962. The third-order valence-electron chi connectivity index (χ3n) is 6.55. The molecule has 7 nitrogen and oxygen atoms in total. The van der Waals surface area contributed by atoms with Gasteiger partial charge in [-0.2, -0.15) is 0 Å². The zero-order chi connectivity index (χ0) is 25.6. The van der Waals surface area contributed by atoms with Crippen molar-refractivity contribution in [2.24, 2.45) is 0 Å². The Balaban J connectivity index is 1.17. The minimum atomic E-state index is -0.874. The SMILES string of the molecule is Cc1cc[n+](CCCCCCCCCCOC(=O)C[C@@H]2NC(=O)[C@H](Cc3ccccc3)NC2=O)cc1. The van der Waals surface area contributed by atoms with Crippen molar-refractivity contribution in [2.75, 3.05) is 6.61 Å². The monoisotopic (exact) mass is 494 g/mol. The van der Waals surface area contributed by atoms with Crippen molar-refractivity contribution in [3.63, 3.8) is 0 Å². The van der Waals surface area contributed by atoms with Crippen LogP contribution in [0.25, 0.3) is 0 Å². The van der Waals surface area contributed by atoms with Crippen molar-refractivity contribution in [3.05, 3.63) is 66.0 Å². The van der Waals surface area contributed by atoms with E-state index < -0.39 is 18.1 Å². The molecule has 2 N–H and O–H groups in total. The van der Waals surface area contributed by atoms with Gasteiger partial charge in [-0.1, -0.05) is 62.4 Å². The minimum absolute atomic E-state index is 0.142. The number of hydrogen-bond donors (Lipinski definition) is 2. The number of rotatable bonds is 15. The second-order valence-corrected chi connectivity index (χ2v) is 9.68. The third-order valence-corrected chi connectivity index (χ3v) is 6.55. The number of piperazine rings is 1. The van der Waals surface area contributed by atoms with Gasteiger partial charge in [0.1, 0.15) is 18.6 Å². The molecule has 7 heteroatoms. The zero-order valence-electron chi connectivity index (χ0n) is 21.4. The maximum Gasteiger partial charge on any atom is 0.308 e. The molecule has 1 aliphatic rings. The third kappa shape index (κ3) is 9.80. The van der Waals surface area contributed by atoms with E-state index in [0.717, 1.165) is 31.4 Å². The first kappa shape index (κ1) is 27.4. The van der Waals surface area contributed by atoms with E-state index in [1.165, 1.54) is 37.7 Å². The topological polar surface area (TPSA) is 88.4 Å². The lowest BCUT2D eigenvalue weighted by atomic mass is 10.0. The standard InChI is InChI=1S/C29H39N3O4/c1-23-15-18-32(19-16-23)17-11-6-4-2-3-5-7-12-20-36-27(33)22-26-29(35)30-25(28(34)31-26)21-24-13-9-8-10-14-24/h8-10,13-16,18-19,25-26H,2-7,11-12,17,20-22H2,1H3,(H-,30,31,34,35)/p+1/t25-,26-/m0/s1. The molecule has 1 saturated heterocycles. The van der Waals surface area contributed by atoms with Crippen LogP contribution in [0.4, 0.5) is 0 Å². The number of aromatic nitrogens is 1. The normalized spacial score (nSPS) is 17.4. The highest BCUT2D eigenvalue weighted by atomic mass is 16.5. The predicted molar refractivity (Wildman–Crippen MR) is 138 cm³/mol. The number of unbranched alkanes of at least 4 members (excludes halogenated alkanes) is 7. The predicted octanol–water partition coefficient (Wildman–Crippen LogP) is 3.56. The second-order valence-electron chi connectivity index (χ2n) is 9.68. The number of aryl methyl sites for hydroxylation is 2. The van der Waals surface area contributed by atoms with Crippen LogP contribution >= 0.6 is 0 Å². The molecule has 0 saturated carbocycles. The summed E-state index contributed by atoms with van der Waals surface area (Å²) in [6, 6.07) is 12.3. The maximum atomic E-state index is 12.4. The maximum absolute atomic E-state index is 12.4. The first-order valence-corrected chi connectivity index (χ1v) is 13.3. The summed E-state index contributed by atoms with van der Waals surface area (Å²) in [5.41, 5.74) is 2.26. The molecule has 1 aliphatic heterocycles. The number of esters is 1. The average Bonchev–Trinajstić information content (AvgIpc) is 2.87. The Kier molecular flexibility index (Phi) is 11.4. The van der Waals surface area contributed by atoms with Crippen molar-refractivity contribution in [2.45, 2.75) is 89.8 Å². The number of benzene rings is 1. The van der Waals surface area contributed by atoms with E-state index in [2.05, 4.69) is 46.7 Å². The van der Waals surface area contributed by atoms with Crippen LogP contribution in [0.1, 0.15) is 68.9 Å². The molecule has 2 atom stereocenters. The van der Waals surface area contributed by atoms with Crippen LogP contribution in [0.15, 0.2) is 54.9 Å². The molecule has 0 bridgehead atoms. The van der Waals surface area contributed by atoms with Crippen LogP contribution in [0.5, 0.6) is 0 Å². The van der Waals surface area contributed by atoms with Gasteiger partial charge in [0.05, 0.1) is 13.0 Å². The van der Waals surface area contributed by atoms with Crippen LogP contribution in [0, 0.1) is 6.92 Å². The van der Waals surface area contributed by atoms with Gasteiger partial charge in [-0.25, -0.2) is 4.57 Å². The molecule has 2 aromatic rings. The van der Waals surface area contributed by atoms with Gasteiger partial charge in [0, 0.05) is 25.0 Å². The number of nitrogens with zero attached hydrogens (tertiary/aromatic N) is 1. The van der Waals surface area contributed by atoms with E-state index in [4.69, 9.17) is 4.74 Å². The molecular weight excluding hydrogens is 454 g/mol. The molecular formula is C29H40N3O4+. The average molecular weight is 495 g/mol. The molecule has 1 fully saturated rings. The molecule has 36 heavy (non-hydrogen) atoms. The highest BCUT2D eigenvalue weighted by Gasteiger charge is 2.35. The van der Waals surface area contributed by atoms with Crippen LogP contribution in [0.3, 0.4) is 0 Å². The van der Waals surface area contributed by atoms with E-state index in [1.807, 2.05) is 30.3 Å². The van der Waals surface area contributed by atoms with Gasteiger partial charge in [-0.3, -0.25) is 14.4 Å². The summed E-state index contributed by atoms with van der Waals surface area (Å²) in [5.74, 6) is -1.07. The quantitative estimate of drug-likeness (QED) is 0.225. The molecule has 194 valence electrons. The lowest BCUT2D eigenvalue weighted by Crippen LogP contribution is -2.62. The summed E-state index contributed by atoms with van der Waals surface area (Å²) in [6.45, 7) is 3.53. The van der Waals surface area contributed by atoms with Crippen molar-refractivity contribution < 1.29 is 23.7 Å². The number of hydrogen-bond acceptors (Lipinski definition) is 4. The van der Waals surface area contributed by atoms with Gasteiger partial charge in [0.15, 0.2) is 12.4 Å². The van der Waals surface area contributed by atoms with Gasteiger partial charge >= 0.3 is 5.97 Å². The van der Waals surface area contributed by atoms with Gasteiger partial charge in [0.2, 0.25) is 11.8 Å². The fourth-order valence-corrected chi connectivity index (χ4v) is 4.36. The molecule has 0 aliphatic carbocycles. The first-order chi connectivity index (χ1) is 17.5. The van der Waals surface area contributed by atoms with Crippen LogP contribution < -0.4 is 15.2 Å². The number of amides is 2. The molecule has 1 aromatic heterocycles. The Morgan fingerprint density at radius 3 is 2.08 bits per heavy atom. The Hall–Kier alpha value is -3.22. The largest absolute Gasteiger partial charge is 0.466 e. The van der Waals surface area contributed by atoms with Crippen molar-refractivity contribution in [1.29, 1.82) is 0 Å². The number of carbonyl (C=O) groups excluding carboxylic acids is 3. The fraction of sp³-hybridized carbons (Fsp3) is 0.517. The molecule has 2 heterocycles. The summed E-state index contributed by atoms with van der Waals surface area (Å²) < 4.78 is 7.53. The first-order valence-electron chi connectivity index (χ1n) is 13.3.